The van der Waals surface area contributed by atoms with Crippen LogP contribution in [0.5, 0.6) is 0 Å². The molecule has 0 rings (SSSR count). The number of hydrogen-bond donors (Lipinski definition) is 1. The molecule has 0 bridgehead atoms. The largest absolute Gasteiger partial charge is 0.459 e. The summed E-state index contributed by atoms with van der Waals surface area (Å²) in [6, 6.07) is -0.545. The maximum absolute atomic E-state index is 11.8. The van der Waals surface area contributed by atoms with Crippen molar-refractivity contribution in [3.05, 3.63) is 0 Å². The molecule has 130 valence electrons. The number of hydrogen-bond acceptors (Lipinski definition) is 4. The fourth-order valence-corrected chi connectivity index (χ4v) is 2.22. The van der Waals surface area contributed by atoms with Gasteiger partial charge >= 0.3 is 5.97 Å². The van der Waals surface area contributed by atoms with E-state index in [1.54, 1.807) is 0 Å². The topological polar surface area (TPSA) is 72.6 Å². The lowest BCUT2D eigenvalue weighted by atomic mass is 10.1. The quantitative estimate of drug-likeness (QED) is 0.497. The highest BCUT2D eigenvalue weighted by Gasteiger charge is 2.21. The number of rotatable bonds is 10. The van der Waals surface area contributed by atoms with E-state index >= 15 is 0 Å². The summed E-state index contributed by atoms with van der Waals surface area (Å²) in [5, 5.41) is 0. The van der Waals surface area contributed by atoms with Crippen molar-refractivity contribution in [3.63, 3.8) is 0 Å². The molecule has 0 radical (unpaired) electrons. The van der Waals surface area contributed by atoms with Gasteiger partial charge in [-0.05, 0) is 47.5 Å². The number of nitrogens with zero attached hydrogens (tertiary/aromatic N) is 1. The second-order valence-corrected chi connectivity index (χ2v) is 6.66. The van der Waals surface area contributed by atoms with Gasteiger partial charge in [-0.3, -0.25) is 9.59 Å². The Kier molecular flexibility index (Phi) is 10.1. The number of ether oxygens (including phenoxy) is 1. The summed E-state index contributed by atoms with van der Waals surface area (Å²) in [6.07, 6.45) is 5.02. The van der Waals surface area contributed by atoms with E-state index in [2.05, 4.69) is 0 Å². The lowest BCUT2D eigenvalue weighted by Gasteiger charge is -2.22. The summed E-state index contributed by atoms with van der Waals surface area (Å²) in [7, 11) is 0. The second-order valence-electron chi connectivity index (χ2n) is 6.66. The van der Waals surface area contributed by atoms with Gasteiger partial charge in [0.05, 0.1) is 0 Å². The first-order valence-corrected chi connectivity index (χ1v) is 8.47. The van der Waals surface area contributed by atoms with Gasteiger partial charge in [0.1, 0.15) is 11.6 Å². The molecule has 0 fully saturated rings. The molecule has 22 heavy (non-hydrogen) atoms. The highest BCUT2D eigenvalue weighted by Crippen LogP contribution is 2.12. The van der Waals surface area contributed by atoms with Crippen LogP contribution < -0.4 is 5.73 Å². The van der Waals surface area contributed by atoms with Crippen molar-refractivity contribution >= 4 is 11.9 Å². The first kappa shape index (κ1) is 20.9. The SMILES string of the molecule is CCN(CC)C(=O)CCCCCCC(N)C(=O)OC(C)(C)C. The third-order valence-electron chi connectivity index (χ3n) is 3.48. The molecule has 0 aliphatic carbocycles. The van der Waals surface area contributed by atoms with E-state index in [0.29, 0.717) is 12.8 Å². The molecule has 0 heterocycles. The summed E-state index contributed by atoms with van der Waals surface area (Å²) in [4.78, 5) is 25.4. The Labute approximate surface area is 135 Å². The Morgan fingerprint density at radius 2 is 1.59 bits per heavy atom. The first-order chi connectivity index (χ1) is 10.2. The van der Waals surface area contributed by atoms with Crippen LogP contribution in [0.3, 0.4) is 0 Å². The van der Waals surface area contributed by atoms with E-state index in [0.717, 1.165) is 38.8 Å². The molecular formula is C17H34N2O3. The van der Waals surface area contributed by atoms with E-state index in [1.165, 1.54) is 0 Å². The Morgan fingerprint density at radius 3 is 2.09 bits per heavy atom. The molecule has 0 aliphatic rings. The highest BCUT2D eigenvalue weighted by atomic mass is 16.6. The third kappa shape index (κ3) is 9.77. The Bertz CT molecular complexity index is 333. The van der Waals surface area contributed by atoms with Crippen molar-refractivity contribution in [3.8, 4) is 0 Å². The van der Waals surface area contributed by atoms with Crippen molar-refractivity contribution in [1.29, 1.82) is 0 Å². The minimum Gasteiger partial charge on any atom is -0.459 e. The third-order valence-corrected chi connectivity index (χ3v) is 3.48. The Morgan fingerprint density at radius 1 is 1.05 bits per heavy atom. The van der Waals surface area contributed by atoms with Crippen LogP contribution in [0.2, 0.25) is 0 Å². The minimum absolute atomic E-state index is 0.232. The molecule has 5 heteroatoms. The lowest BCUT2D eigenvalue weighted by Crippen LogP contribution is -2.37. The Balaban J connectivity index is 3.73. The summed E-state index contributed by atoms with van der Waals surface area (Å²) in [5.41, 5.74) is 5.34. The maximum atomic E-state index is 11.8. The number of amides is 1. The molecule has 1 atom stereocenters. The molecule has 5 nitrogen and oxygen atoms in total. The van der Waals surface area contributed by atoms with Crippen LogP contribution in [0.15, 0.2) is 0 Å². The van der Waals surface area contributed by atoms with Gasteiger partial charge in [-0.1, -0.05) is 19.3 Å². The number of carbonyl (C=O) groups excluding carboxylic acids is 2. The minimum atomic E-state index is -0.545. The highest BCUT2D eigenvalue weighted by molar-refractivity contribution is 5.76. The van der Waals surface area contributed by atoms with E-state index in [1.807, 2.05) is 39.5 Å². The van der Waals surface area contributed by atoms with Crippen molar-refractivity contribution in [2.45, 2.75) is 84.8 Å². The zero-order valence-corrected chi connectivity index (χ0v) is 15.0. The van der Waals surface area contributed by atoms with Gasteiger partial charge in [-0.15, -0.1) is 0 Å². The van der Waals surface area contributed by atoms with Crippen molar-refractivity contribution in [1.82, 2.24) is 4.90 Å². The molecule has 0 spiro atoms. The van der Waals surface area contributed by atoms with Gasteiger partial charge in [0.25, 0.3) is 0 Å². The van der Waals surface area contributed by atoms with Gasteiger partial charge in [-0.2, -0.15) is 0 Å². The molecular weight excluding hydrogens is 280 g/mol. The lowest BCUT2D eigenvalue weighted by molar-refractivity contribution is -0.156. The van der Waals surface area contributed by atoms with Crippen LogP contribution >= 0.6 is 0 Å². The van der Waals surface area contributed by atoms with Gasteiger partial charge in [-0.25, -0.2) is 0 Å². The average molecular weight is 314 g/mol. The molecule has 0 saturated carbocycles. The standard InChI is InChI=1S/C17H34N2O3/c1-6-19(7-2)15(20)13-11-9-8-10-12-14(18)16(21)22-17(3,4)5/h14H,6-13,18H2,1-5H3. The second kappa shape index (κ2) is 10.6. The van der Waals surface area contributed by atoms with Gasteiger partial charge in [0.2, 0.25) is 5.91 Å². The molecule has 0 saturated heterocycles. The number of esters is 1. The first-order valence-electron chi connectivity index (χ1n) is 8.47. The zero-order valence-electron chi connectivity index (χ0n) is 15.0. The van der Waals surface area contributed by atoms with Crippen molar-refractivity contribution < 1.29 is 14.3 Å². The van der Waals surface area contributed by atoms with Gasteiger partial charge < -0.3 is 15.4 Å². The van der Waals surface area contributed by atoms with Crippen LogP contribution in [0.25, 0.3) is 0 Å². The van der Waals surface area contributed by atoms with E-state index in [-0.39, 0.29) is 11.9 Å². The number of carbonyl (C=O) groups is 2. The smallest absolute Gasteiger partial charge is 0.323 e. The number of nitrogens with two attached hydrogens (primary N) is 1. The zero-order chi connectivity index (χ0) is 17.2. The molecule has 1 unspecified atom stereocenters. The summed E-state index contributed by atoms with van der Waals surface area (Å²) < 4.78 is 5.25. The van der Waals surface area contributed by atoms with Gasteiger partial charge in [0.15, 0.2) is 0 Å². The summed E-state index contributed by atoms with van der Waals surface area (Å²) in [5.74, 6) is -0.0975. The van der Waals surface area contributed by atoms with E-state index < -0.39 is 11.6 Å². The summed E-state index contributed by atoms with van der Waals surface area (Å²) in [6.45, 7) is 11.1. The normalized spacial score (nSPS) is 12.8. The van der Waals surface area contributed by atoms with Crippen molar-refractivity contribution in [2.24, 2.45) is 5.73 Å². The average Bonchev–Trinajstić information content (AvgIpc) is 2.41. The van der Waals surface area contributed by atoms with Crippen LogP contribution in [0, 0.1) is 0 Å². The molecule has 0 aromatic rings. The fourth-order valence-electron chi connectivity index (χ4n) is 2.22. The molecule has 2 N–H and O–H groups in total. The van der Waals surface area contributed by atoms with Crippen LogP contribution in [0.1, 0.15) is 73.1 Å². The predicted molar refractivity (Wildman–Crippen MR) is 89.5 cm³/mol. The van der Waals surface area contributed by atoms with Crippen molar-refractivity contribution in [2.75, 3.05) is 13.1 Å². The monoisotopic (exact) mass is 314 g/mol. The van der Waals surface area contributed by atoms with E-state index in [4.69, 9.17) is 10.5 Å². The maximum Gasteiger partial charge on any atom is 0.323 e. The van der Waals surface area contributed by atoms with Crippen LogP contribution in [-0.4, -0.2) is 41.5 Å². The van der Waals surface area contributed by atoms with Gasteiger partial charge in [0, 0.05) is 19.5 Å². The van der Waals surface area contributed by atoms with Crippen LogP contribution in [0.4, 0.5) is 0 Å². The fraction of sp³-hybridized carbons (Fsp3) is 0.882. The van der Waals surface area contributed by atoms with Crippen LogP contribution in [-0.2, 0) is 14.3 Å². The predicted octanol–water partition coefficient (Wildman–Crippen LogP) is 2.86. The number of unbranched alkanes of at least 4 members (excludes halogenated alkanes) is 3. The molecule has 0 aliphatic heterocycles. The molecule has 0 aromatic carbocycles. The van der Waals surface area contributed by atoms with E-state index in [9.17, 15) is 9.59 Å². The molecule has 1 amide bonds. The molecule has 0 aromatic heterocycles. The Hall–Kier alpha value is -1.10. The summed E-state index contributed by atoms with van der Waals surface area (Å²) >= 11 is 0.